The number of hydrogen-bond acceptors (Lipinski definition) is 3. The molecule has 0 amide bonds. The minimum atomic E-state index is 0.573. The fraction of sp³-hybridized carbons (Fsp3) is 0.333. The van der Waals surface area contributed by atoms with Crippen LogP contribution in [0.4, 0.5) is 0 Å². The smallest absolute Gasteiger partial charge is 0.120 e. The van der Waals surface area contributed by atoms with Crippen LogP contribution in [0.1, 0.15) is 24.1 Å². The largest absolute Gasteiger partial charge is 0.494 e. The van der Waals surface area contributed by atoms with Gasteiger partial charge in [0.1, 0.15) is 12.0 Å². The monoisotopic (exact) mass is 258 g/mol. The molecule has 0 atom stereocenters. The van der Waals surface area contributed by atoms with Crippen molar-refractivity contribution in [3.8, 4) is 5.75 Å². The highest BCUT2D eigenvalue weighted by atomic mass is 16.5. The molecule has 0 fully saturated rings. The van der Waals surface area contributed by atoms with E-state index < -0.39 is 0 Å². The van der Waals surface area contributed by atoms with Crippen molar-refractivity contribution in [1.82, 2.24) is 9.97 Å². The van der Waals surface area contributed by atoms with Gasteiger partial charge in [-0.1, -0.05) is 12.1 Å². The number of H-pyrrole nitrogens is 1. The van der Waals surface area contributed by atoms with E-state index in [1.807, 2.05) is 30.5 Å². The highest BCUT2D eigenvalue weighted by molar-refractivity contribution is 5.50. The summed E-state index contributed by atoms with van der Waals surface area (Å²) >= 11 is 0. The molecular weight excluding hydrogens is 240 g/mol. The molecule has 2 rings (SSSR count). The number of hydrogen-bond donors (Lipinski definition) is 1. The second-order valence-electron chi connectivity index (χ2n) is 4.36. The molecule has 0 spiro atoms. The Morgan fingerprint density at radius 3 is 2.74 bits per heavy atom. The van der Waals surface area contributed by atoms with Crippen LogP contribution in [0.15, 0.2) is 36.8 Å². The van der Waals surface area contributed by atoms with E-state index in [1.165, 1.54) is 0 Å². The summed E-state index contributed by atoms with van der Waals surface area (Å²) in [5, 5.41) is 0. The zero-order valence-electron chi connectivity index (χ0n) is 10.8. The second kappa shape index (κ2) is 7.36. The van der Waals surface area contributed by atoms with Gasteiger partial charge in [-0.2, -0.15) is 0 Å². The summed E-state index contributed by atoms with van der Waals surface area (Å²) in [4.78, 5) is 17.4. The standard InChI is InChI=1S/C15H18N2O2/c18-9-1-3-13-5-7-15(8-6-13)19-10-2-4-14-11-16-12-17-14/h5-9,11-12H,1-4,10H2,(H,16,17). The van der Waals surface area contributed by atoms with E-state index in [-0.39, 0.29) is 0 Å². The van der Waals surface area contributed by atoms with Crippen LogP contribution in [0.3, 0.4) is 0 Å². The second-order valence-corrected chi connectivity index (χ2v) is 4.36. The Balaban J connectivity index is 1.69. The summed E-state index contributed by atoms with van der Waals surface area (Å²) in [6.07, 6.45) is 7.76. The molecule has 0 saturated carbocycles. The molecule has 2 aromatic rings. The molecule has 0 bridgehead atoms. The molecule has 0 unspecified atom stereocenters. The molecule has 19 heavy (non-hydrogen) atoms. The number of aldehydes is 1. The quantitative estimate of drug-likeness (QED) is 0.585. The van der Waals surface area contributed by atoms with Crippen LogP contribution in [0.2, 0.25) is 0 Å². The van der Waals surface area contributed by atoms with Gasteiger partial charge in [0, 0.05) is 12.6 Å². The van der Waals surface area contributed by atoms with E-state index in [4.69, 9.17) is 4.74 Å². The van der Waals surface area contributed by atoms with Crippen molar-refractivity contribution in [2.45, 2.75) is 25.7 Å². The average molecular weight is 258 g/mol. The van der Waals surface area contributed by atoms with Gasteiger partial charge in [-0.3, -0.25) is 0 Å². The van der Waals surface area contributed by atoms with Crippen LogP contribution in [-0.2, 0) is 17.6 Å². The van der Waals surface area contributed by atoms with Crippen LogP contribution in [0.5, 0.6) is 5.75 Å². The minimum absolute atomic E-state index is 0.573. The average Bonchev–Trinajstić information content (AvgIpc) is 2.96. The van der Waals surface area contributed by atoms with Crippen LogP contribution < -0.4 is 4.74 Å². The number of carbonyl (C=O) groups is 1. The summed E-state index contributed by atoms with van der Waals surface area (Å²) in [6.45, 7) is 0.681. The number of rotatable bonds is 8. The van der Waals surface area contributed by atoms with Gasteiger partial charge in [0.2, 0.25) is 0 Å². The molecule has 1 N–H and O–H groups in total. The van der Waals surface area contributed by atoms with Gasteiger partial charge in [0.15, 0.2) is 0 Å². The first-order chi connectivity index (χ1) is 9.38. The third kappa shape index (κ3) is 4.58. The predicted octanol–water partition coefficient (Wildman–Crippen LogP) is 2.55. The lowest BCUT2D eigenvalue weighted by molar-refractivity contribution is -0.107. The first-order valence-electron chi connectivity index (χ1n) is 6.51. The molecular formula is C15H18N2O2. The molecule has 1 aromatic heterocycles. The SMILES string of the molecule is O=CCCc1ccc(OCCCc2c[nH]cn2)cc1. The van der Waals surface area contributed by atoms with Gasteiger partial charge in [0.25, 0.3) is 0 Å². The Morgan fingerprint density at radius 2 is 2.05 bits per heavy atom. The van der Waals surface area contributed by atoms with Gasteiger partial charge in [-0.25, -0.2) is 4.98 Å². The van der Waals surface area contributed by atoms with Gasteiger partial charge in [-0.15, -0.1) is 0 Å². The summed E-state index contributed by atoms with van der Waals surface area (Å²) in [7, 11) is 0. The molecule has 0 aliphatic heterocycles. The summed E-state index contributed by atoms with van der Waals surface area (Å²) in [6, 6.07) is 7.92. The molecule has 0 radical (unpaired) electrons. The highest BCUT2D eigenvalue weighted by Crippen LogP contribution is 2.13. The van der Waals surface area contributed by atoms with E-state index in [2.05, 4.69) is 9.97 Å². The summed E-state index contributed by atoms with van der Waals surface area (Å²) in [5.41, 5.74) is 2.23. The molecule has 100 valence electrons. The topological polar surface area (TPSA) is 55.0 Å². The van der Waals surface area contributed by atoms with Crippen LogP contribution in [0.25, 0.3) is 0 Å². The Labute approximate surface area is 112 Å². The van der Waals surface area contributed by atoms with Gasteiger partial charge in [0.05, 0.1) is 18.6 Å². The van der Waals surface area contributed by atoms with Crippen molar-refractivity contribution >= 4 is 6.29 Å². The lowest BCUT2D eigenvalue weighted by Crippen LogP contribution is -1.99. The van der Waals surface area contributed by atoms with Crippen molar-refractivity contribution in [1.29, 1.82) is 0 Å². The van der Waals surface area contributed by atoms with E-state index in [1.54, 1.807) is 6.33 Å². The van der Waals surface area contributed by atoms with Crippen LogP contribution in [0, 0.1) is 0 Å². The third-order valence-corrected chi connectivity index (χ3v) is 2.88. The maximum atomic E-state index is 10.3. The maximum absolute atomic E-state index is 10.3. The zero-order chi connectivity index (χ0) is 13.3. The van der Waals surface area contributed by atoms with Gasteiger partial charge < -0.3 is 14.5 Å². The highest BCUT2D eigenvalue weighted by Gasteiger charge is 1.98. The molecule has 0 aliphatic carbocycles. The van der Waals surface area contributed by atoms with Crippen molar-refractivity contribution in [3.63, 3.8) is 0 Å². The van der Waals surface area contributed by atoms with Crippen molar-refractivity contribution in [3.05, 3.63) is 48.0 Å². The van der Waals surface area contributed by atoms with E-state index in [0.29, 0.717) is 13.0 Å². The number of imidazole rings is 1. The molecule has 1 heterocycles. The molecule has 4 nitrogen and oxygen atoms in total. The van der Waals surface area contributed by atoms with Gasteiger partial charge in [-0.05, 0) is 37.0 Å². The lowest BCUT2D eigenvalue weighted by Gasteiger charge is -2.06. The molecule has 4 heteroatoms. The molecule has 1 aromatic carbocycles. The van der Waals surface area contributed by atoms with Crippen LogP contribution in [-0.4, -0.2) is 22.9 Å². The number of ether oxygens (including phenoxy) is 1. The number of carbonyl (C=O) groups excluding carboxylic acids is 1. The molecule has 0 aliphatic rings. The number of benzene rings is 1. The first-order valence-corrected chi connectivity index (χ1v) is 6.51. The fourth-order valence-corrected chi connectivity index (χ4v) is 1.85. The van der Waals surface area contributed by atoms with Crippen molar-refractivity contribution in [2.75, 3.05) is 6.61 Å². The lowest BCUT2D eigenvalue weighted by atomic mass is 10.1. The first kappa shape index (κ1) is 13.3. The summed E-state index contributed by atoms with van der Waals surface area (Å²) < 4.78 is 5.66. The Hall–Kier alpha value is -2.10. The van der Waals surface area contributed by atoms with Crippen LogP contribution >= 0.6 is 0 Å². The maximum Gasteiger partial charge on any atom is 0.120 e. The Kier molecular flexibility index (Phi) is 5.17. The number of nitrogens with zero attached hydrogens (tertiary/aromatic N) is 1. The third-order valence-electron chi connectivity index (χ3n) is 2.88. The number of aryl methyl sites for hydroxylation is 2. The van der Waals surface area contributed by atoms with E-state index in [9.17, 15) is 4.79 Å². The van der Waals surface area contributed by atoms with Crippen molar-refractivity contribution in [2.24, 2.45) is 0 Å². The number of aromatic nitrogens is 2. The summed E-state index contributed by atoms with van der Waals surface area (Å²) in [5.74, 6) is 0.872. The fourth-order valence-electron chi connectivity index (χ4n) is 1.85. The molecule has 0 saturated heterocycles. The Morgan fingerprint density at radius 1 is 1.21 bits per heavy atom. The number of nitrogens with one attached hydrogen (secondary N) is 1. The van der Waals surface area contributed by atoms with Gasteiger partial charge >= 0.3 is 0 Å². The van der Waals surface area contributed by atoms with E-state index >= 15 is 0 Å². The normalized spacial score (nSPS) is 10.3. The van der Waals surface area contributed by atoms with Crippen molar-refractivity contribution < 1.29 is 9.53 Å². The number of aromatic amines is 1. The minimum Gasteiger partial charge on any atom is -0.494 e. The zero-order valence-corrected chi connectivity index (χ0v) is 10.8. The van der Waals surface area contributed by atoms with E-state index in [0.717, 1.165) is 42.6 Å². The Bertz CT molecular complexity index is 477. The predicted molar refractivity (Wildman–Crippen MR) is 73.2 cm³/mol.